The minimum absolute atomic E-state index is 0.135. The molecule has 0 aliphatic heterocycles. The number of alkyl halides is 26. The number of benzene rings is 1. The molecule has 0 heterocycles. The lowest BCUT2D eigenvalue weighted by Gasteiger charge is -2.42. The summed E-state index contributed by atoms with van der Waals surface area (Å²) in [6.07, 6.45) is -24.7. The second kappa shape index (κ2) is 14.1. The third kappa shape index (κ3) is 8.10. The third-order valence-electron chi connectivity index (χ3n) is 7.62. The normalized spacial score (nSPS) is 16.2. The van der Waals surface area contributed by atoms with E-state index < -0.39 is 105 Å². The van der Waals surface area contributed by atoms with Crippen LogP contribution in [0.5, 0.6) is 0 Å². The van der Waals surface area contributed by atoms with E-state index >= 15 is 0 Å². The van der Waals surface area contributed by atoms with E-state index in [0.29, 0.717) is 11.3 Å². The van der Waals surface area contributed by atoms with Crippen molar-refractivity contribution in [2.45, 2.75) is 110 Å². The molecule has 1 aromatic carbocycles. The Labute approximate surface area is 286 Å². The highest BCUT2D eigenvalue weighted by molar-refractivity contribution is 6.88. The van der Waals surface area contributed by atoms with Crippen molar-refractivity contribution in [3.63, 3.8) is 0 Å². The Kier molecular flexibility index (Phi) is 12.9. The maximum absolute atomic E-state index is 14.6. The van der Waals surface area contributed by atoms with Crippen LogP contribution in [0.3, 0.4) is 0 Å². The van der Waals surface area contributed by atoms with Crippen LogP contribution in [0.4, 0.5) is 114 Å². The summed E-state index contributed by atoms with van der Waals surface area (Å²) in [7, 11) is -2.26. The SMILES string of the molecule is C[Si](C)(C)c1cccc(C=CCC(CC(F)(F)C(F)(F)C(F)(F)C(F)(F)C(F)(F)C(F)(F)F)CC(F)(F)C(F)(F)C(F)(F)C(F)(F)C(F)(F)C(F)(F)F)c1. The molecule has 0 saturated heterocycles. The second-order valence-electron chi connectivity index (χ2n) is 12.8. The van der Waals surface area contributed by atoms with Crippen molar-refractivity contribution in [3.05, 3.63) is 35.9 Å². The van der Waals surface area contributed by atoms with Gasteiger partial charge in [0.15, 0.2) is 0 Å². The quantitative estimate of drug-likeness (QED) is 0.115. The molecule has 0 saturated carbocycles. The number of rotatable bonds is 16. The summed E-state index contributed by atoms with van der Waals surface area (Å²) in [6.45, 7) is 5.10. The van der Waals surface area contributed by atoms with Gasteiger partial charge in [0.2, 0.25) is 0 Å². The highest BCUT2D eigenvalue weighted by Gasteiger charge is 2.92. The zero-order valence-electron chi connectivity index (χ0n) is 26.5. The summed E-state index contributed by atoms with van der Waals surface area (Å²) in [4.78, 5) is 0. The third-order valence-corrected chi connectivity index (χ3v) is 9.66. The van der Waals surface area contributed by atoms with Gasteiger partial charge in [0, 0.05) is 12.8 Å². The Hall–Kier alpha value is -2.64. The van der Waals surface area contributed by atoms with Gasteiger partial charge in [0.25, 0.3) is 0 Å². The highest BCUT2D eigenvalue weighted by Crippen LogP contribution is 2.63. The zero-order valence-corrected chi connectivity index (χ0v) is 27.5. The summed E-state index contributed by atoms with van der Waals surface area (Å²) in [6, 6.07) is 5.02. The van der Waals surface area contributed by atoms with E-state index in [4.69, 9.17) is 0 Å². The molecule has 0 nitrogen and oxygen atoms in total. The van der Waals surface area contributed by atoms with Gasteiger partial charge >= 0.3 is 71.6 Å². The van der Waals surface area contributed by atoms with Crippen LogP contribution in [-0.2, 0) is 0 Å². The minimum Gasteiger partial charge on any atom is -0.200 e. The summed E-state index contributed by atoms with van der Waals surface area (Å²) in [5, 5.41) is 0.510. The van der Waals surface area contributed by atoms with Gasteiger partial charge in [0.1, 0.15) is 0 Å². The monoisotopic (exact) mass is 868 g/mol. The van der Waals surface area contributed by atoms with Gasteiger partial charge in [-0.3, -0.25) is 0 Å². The number of allylic oxidation sites excluding steroid dienone is 1. The number of halogens is 26. The minimum atomic E-state index is -8.56. The lowest BCUT2D eigenvalue weighted by Crippen LogP contribution is -2.70. The van der Waals surface area contributed by atoms with Gasteiger partial charge in [-0.2, -0.15) is 114 Å². The van der Waals surface area contributed by atoms with Gasteiger partial charge in [-0.25, -0.2) is 0 Å². The van der Waals surface area contributed by atoms with Crippen LogP contribution in [0.25, 0.3) is 6.08 Å². The fourth-order valence-electron chi connectivity index (χ4n) is 4.33. The summed E-state index contributed by atoms with van der Waals surface area (Å²) in [5.41, 5.74) is -0.135. The highest BCUT2D eigenvalue weighted by atomic mass is 28.3. The fraction of sp³-hybridized carbons (Fsp3) is 0.704. The molecule has 0 unspecified atom stereocenters. The molecular formula is C27H22F26Si. The van der Waals surface area contributed by atoms with Gasteiger partial charge in [-0.15, -0.1) is 0 Å². The van der Waals surface area contributed by atoms with E-state index in [1.807, 2.05) is 0 Å². The first-order valence-corrected chi connectivity index (χ1v) is 17.4. The Morgan fingerprint density at radius 3 is 1.07 bits per heavy atom. The lowest BCUT2D eigenvalue weighted by molar-refractivity contribution is -0.442. The van der Waals surface area contributed by atoms with E-state index in [0.717, 1.165) is 6.07 Å². The maximum atomic E-state index is 14.6. The average molecular weight is 869 g/mol. The predicted molar refractivity (Wildman–Crippen MR) is 137 cm³/mol. The molecule has 1 aromatic rings. The second-order valence-corrected chi connectivity index (χ2v) is 17.9. The van der Waals surface area contributed by atoms with Gasteiger partial charge < -0.3 is 0 Å². The van der Waals surface area contributed by atoms with Crippen LogP contribution in [0.1, 0.15) is 24.8 Å². The first-order valence-electron chi connectivity index (χ1n) is 13.9. The van der Waals surface area contributed by atoms with Crippen molar-refractivity contribution in [3.8, 4) is 0 Å². The first-order chi connectivity index (χ1) is 23.3. The molecule has 0 atom stereocenters. The van der Waals surface area contributed by atoms with Crippen LogP contribution in [-0.4, -0.2) is 79.7 Å². The molecule has 0 bridgehead atoms. The summed E-state index contributed by atoms with van der Waals surface area (Å²) < 4.78 is 353. The van der Waals surface area contributed by atoms with E-state index in [2.05, 4.69) is 0 Å². The maximum Gasteiger partial charge on any atom is 0.460 e. The molecule has 0 aromatic heterocycles. The molecule has 0 radical (unpaired) electrons. The number of hydrogen-bond acceptors (Lipinski definition) is 0. The predicted octanol–water partition coefficient (Wildman–Crippen LogP) is 12.5. The Morgan fingerprint density at radius 1 is 0.463 bits per heavy atom. The summed E-state index contributed by atoms with van der Waals surface area (Å²) in [5.74, 6) is -85.9. The Morgan fingerprint density at radius 2 is 0.778 bits per heavy atom. The fourth-order valence-corrected chi connectivity index (χ4v) is 5.53. The van der Waals surface area contributed by atoms with E-state index in [9.17, 15) is 114 Å². The van der Waals surface area contributed by atoms with Crippen LogP contribution in [0.15, 0.2) is 30.3 Å². The van der Waals surface area contributed by atoms with Crippen molar-refractivity contribution in [2.24, 2.45) is 5.92 Å². The molecule has 27 heteroatoms. The summed E-state index contributed by atoms with van der Waals surface area (Å²) >= 11 is 0. The van der Waals surface area contributed by atoms with E-state index in [1.165, 1.54) is 18.2 Å². The molecule has 1 rings (SSSR count). The van der Waals surface area contributed by atoms with Crippen molar-refractivity contribution in [2.75, 3.05) is 0 Å². The first kappa shape index (κ1) is 49.4. The van der Waals surface area contributed by atoms with Crippen LogP contribution in [0.2, 0.25) is 19.6 Å². The standard InChI is InChI=1S/C27H22F26Si/c1-54(2,3)15-9-5-7-13(10-15)6-4-8-14(11-16(28,29)18(32,33)20(36,37)22(40,41)24(44,45)26(48,49)50)12-17(30,31)19(34,35)21(38,39)23(42,43)25(46,47)27(51,52)53/h4-7,9-10,14H,8,11-12H2,1-3H3. The van der Waals surface area contributed by atoms with Gasteiger partial charge in [0.05, 0.1) is 8.07 Å². The van der Waals surface area contributed by atoms with Crippen molar-refractivity contribution < 1.29 is 114 Å². The topological polar surface area (TPSA) is 0 Å². The Balaban J connectivity index is 3.90. The molecule has 0 aliphatic rings. The average Bonchev–Trinajstić information content (AvgIpc) is 2.94. The van der Waals surface area contributed by atoms with Crippen molar-refractivity contribution in [1.29, 1.82) is 0 Å². The van der Waals surface area contributed by atoms with Crippen LogP contribution >= 0.6 is 0 Å². The molecule has 0 aliphatic carbocycles. The Bertz CT molecular complexity index is 1400. The molecule has 54 heavy (non-hydrogen) atoms. The molecule has 0 spiro atoms. The van der Waals surface area contributed by atoms with Gasteiger partial charge in [-0.05, 0) is 17.9 Å². The molecule has 0 amide bonds. The largest absolute Gasteiger partial charge is 0.460 e. The molecular weight excluding hydrogens is 846 g/mol. The zero-order chi connectivity index (χ0) is 43.6. The van der Waals surface area contributed by atoms with Crippen molar-refractivity contribution >= 4 is 19.3 Å². The van der Waals surface area contributed by atoms with Crippen molar-refractivity contribution in [1.82, 2.24) is 0 Å². The van der Waals surface area contributed by atoms with Crippen LogP contribution in [0, 0.1) is 5.92 Å². The number of hydrogen-bond donors (Lipinski definition) is 0. The molecule has 0 fully saturated rings. The molecule has 0 N–H and O–H groups in total. The van der Waals surface area contributed by atoms with E-state index in [-0.39, 0.29) is 11.6 Å². The smallest absolute Gasteiger partial charge is 0.200 e. The molecule has 316 valence electrons. The lowest BCUT2D eigenvalue weighted by atomic mass is 9.82. The van der Waals surface area contributed by atoms with Gasteiger partial charge in [-0.1, -0.05) is 61.2 Å². The van der Waals surface area contributed by atoms with Crippen LogP contribution < -0.4 is 5.19 Å². The van der Waals surface area contributed by atoms with E-state index in [1.54, 1.807) is 19.6 Å².